The van der Waals surface area contributed by atoms with Gasteiger partial charge in [-0.05, 0) is 169 Å². The maximum atomic E-state index is 2.44. The summed E-state index contributed by atoms with van der Waals surface area (Å²) in [4.78, 5) is 0. The Hall–Kier alpha value is -8.32. The first-order chi connectivity index (χ1) is 33.8. The van der Waals surface area contributed by atoms with Gasteiger partial charge in [-0.1, -0.05) is 232 Å². The van der Waals surface area contributed by atoms with Gasteiger partial charge < -0.3 is 0 Å². The van der Waals surface area contributed by atoms with E-state index in [4.69, 9.17) is 0 Å². The summed E-state index contributed by atoms with van der Waals surface area (Å²) in [6, 6.07) is 86.1. The van der Waals surface area contributed by atoms with Crippen LogP contribution in [0, 0.1) is 13.8 Å². The fraction of sp³-hybridized carbons (Fsp3) is 0.0725. The highest BCUT2D eigenvalue weighted by Gasteiger charge is 2.36. The van der Waals surface area contributed by atoms with Gasteiger partial charge in [-0.25, -0.2) is 0 Å². The van der Waals surface area contributed by atoms with Gasteiger partial charge in [0.15, 0.2) is 0 Å². The van der Waals surface area contributed by atoms with E-state index in [2.05, 4.69) is 258 Å². The Morgan fingerprint density at radius 3 is 0.812 bits per heavy atom. The van der Waals surface area contributed by atoms with Gasteiger partial charge in [0.25, 0.3) is 0 Å². The first kappa shape index (κ1) is 40.9. The Labute approximate surface area is 404 Å². The van der Waals surface area contributed by atoms with Crippen LogP contribution >= 0.6 is 0 Å². The molecule has 69 heavy (non-hydrogen) atoms. The molecular weight excluding hydrogens is 829 g/mol. The van der Waals surface area contributed by atoms with E-state index in [0.29, 0.717) is 0 Å². The van der Waals surface area contributed by atoms with Crippen molar-refractivity contribution in [1.82, 2.24) is 0 Å². The number of hydrogen-bond donors (Lipinski definition) is 0. The molecule has 0 radical (unpaired) electrons. The summed E-state index contributed by atoms with van der Waals surface area (Å²) in [5, 5.41) is 10.3. The second-order valence-electron chi connectivity index (χ2n) is 19.6. The van der Waals surface area contributed by atoms with Crippen molar-refractivity contribution in [2.45, 2.75) is 33.1 Å². The summed E-state index contributed by atoms with van der Waals surface area (Å²) in [5.74, 6) is 0. The molecule has 13 rings (SSSR count). The summed E-state index contributed by atoms with van der Waals surface area (Å²) in [5.41, 5.74) is 23.0. The van der Waals surface area contributed by atoms with Gasteiger partial charge in [-0.15, -0.1) is 0 Å². The Morgan fingerprint density at radius 1 is 0.232 bits per heavy atom. The van der Waals surface area contributed by atoms with E-state index in [1.54, 1.807) is 0 Å². The lowest BCUT2D eigenvalue weighted by atomic mass is 9.80. The van der Waals surface area contributed by atoms with E-state index in [0.717, 1.165) is 0 Å². The van der Waals surface area contributed by atoms with Gasteiger partial charge in [0, 0.05) is 5.41 Å². The first-order valence-electron chi connectivity index (χ1n) is 24.3. The molecule has 1 aliphatic carbocycles. The summed E-state index contributed by atoms with van der Waals surface area (Å²) >= 11 is 0. The molecule has 0 saturated carbocycles. The predicted octanol–water partition coefficient (Wildman–Crippen LogP) is 19.2. The van der Waals surface area contributed by atoms with Gasteiger partial charge >= 0.3 is 0 Å². The molecular formula is C69H50. The van der Waals surface area contributed by atoms with E-state index in [1.807, 2.05) is 0 Å². The van der Waals surface area contributed by atoms with E-state index < -0.39 is 0 Å². The Kier molecular flexibility index (Phi) is 9.43. The fourth-order valence-electron chi connectivity index (χ4n) is 11.9. The van der Waals surface area contributed by atoms with Crippen molar-refractivity contribution in [3.8, 4) is 77.9 Å². The van der Waals surface area contributed by atoms with Crippen LogP contribution in [0.3, 0.4) is 0 Å². The minimum atomic E-state index is -0.163. The van der Waals surface area contributed by atoms with Crippen molar-refractivity contribution in [2.75, 3.05) is 0 Å². The largest absolute Gasteiger partial charge is 0.0620 e. The smallest absolute Gasteiger partial charge is 0.0159 e. The average molecular weight is 879 g/mol. The molecule has 326 valence electrons. The van der Waals surface area contributed by atoms with Crippen LogP contribution in [-0.2, 0) is 5.41 Å². The van der Waals surface area contributed by atoms with E-state index in [1.165, 1.54) is 143 Å². The SMILES string of the molecule is Cc1ccccc1-c1c2ccccc2c(-c2ccc(-c3ccc4c(c3)C(C)(C)c3cc(-c5ccc(-c6c7ccccc7c(-c7ccccc7C)c7ccccc67)cc5)ccc3-4)cc2)c2ccccc12. The first-order valence-corrected chi connectivity index (χ1v) is 24.3. The monoisotopic (exact) mass is 878 g/mol. The van der Waals surface area contributed by atoms with Crippen LogP contribution in [0.1, 0.15) is 36.1 Å². The molecule has 0 aromatic heterocycles. The molecule has 12 aromatic rings. The predicted molar refractivity (Wildman–Crippen MR) is 296 cm³/mol. The minimum Gasteiger partial charge on any atom is -0.0620 e. The van der Waals surface area contributed by atoms with Crippen molar-refractivity contribution in [1.29, 1.82) is 0 Å². The molecule has 0 bridgehead atoms. The summed E-state index contributed by atoms with van der Waals surface area (Å²) in [7, 11) is 0. The van der Waals surface area contributed by atoms with Crippen LogP contribution in [0.2, 0.25) is 0 Å². The van der Waals surface area contributed by atoms with Crippen molar-refractivity contribution >= 4 is 43.1 Å². The lowest BCUT2D eigenvalue weighted by Crippen LogP contribution is -2.15. The molecule has 0 heteroatoms. The van der Waals surface area contributed by atoms with Crippen LogP contribution in [0.25, 0.3) is 121 Å². The molecule has 0 unspecified atom stereocenters. The fourth-order valence-corrected chi connectivity index (χ4v) is 11.9. The van der Waals surface area contributed by atoms with Crippen molar-refractivity contribution < 1.29 is 0 Å². The van der Waals surface area contributed by atoms with Crippen LogP contribution in [0.4, 0.5) is 0 Å². The number of benzene rings is 12. The number of aryl methyl sites for hydroxylation is 2. The summed E-state index contributed by atoms with van der Waals surface area (Å²) in [6.45, 7) is 9.23. The van der Waals surface area contributed by atoms with E-state index in [-0.39, 0.29) is 5.41 Å². The Bertz CT molecular complexity index is 3650. The standard InChI is InChI=1S/C69H50/c1-43-17-5-7-19-51(43)67-59-25-13-9-21-55(59)65(56-22-10-14-26-60(56)67)47-33-29-45(30-34-47)49-37-39-53-54-40-38-50(42-64(54)69(3,4)63(53)41-49)46-31-35-48(36-32-46)66-57-23-11-15-27-61(57)68(52-20-8-6-18-44(52)2)62-28-16-12-24-58(62)66/h5-42H,1-4H3. The molecule has 0 atom stereocenters. The molecule has 0 spiro atoms. The molecule has 0 fully saturated rings. The van der Waals surface area contributed by atoms with Gasteiger partial charge in [-0.3, -0.25) is 0 Å². The molecule has 1 aliphatic rings. The van der Waals surface area contributed by atoms with Crippen LogP contribution < -0.4 is 0 Å². The van der Waals surface area contributed by atoms with Gasteiger partial charge in [0.1, 0.15) is 0 Å². The minimum absolute atomic E-state index is 0.163. The Balaban J connectivity index is 0.833. The van der Waals surface area contributed by atoms with Crippen LogP contribution in [0.15, 0.2) is 231 Å². The van der Waals surface area contributed by atoms with E-state index >= 15 is 0 Å². The molecule has 0 heterocycles. The number of fused-ring (bicyclic) bond motifs is 7. The van der Waals surface area contributed by atoms with Gasteiger partial charge in [-0.2, -0.15) is 0 Å². The highest BCUT2D eigenvalue weighted by atomic mass is 14.4. The van der Waals surface area contributed by atoms with Crippen molar-refractivity contribution in [3.63, 3.8) is 0 Å². The molecule has 0 N–H and O–H groups in total. The second-order valence-corrected chi connectivity index (χ2v) is 19.6. The zero-order valence-corrected chi connectivity index (χ0v) is 39.4. The number of rotatable bonds is 6. The maximum absolute atomic E-state index is 2.44. The molecule has 12 aromatic carbocycles. The highest BCUT2D eigenvalue weighted by Crippen LogP contribution is 2.52. The number of hydrogen-bond acceptors (Lipinski definition) is 0. The molecule has 0 aliphatic heterocycles. The van der Waals surface area contributed by atoms with Crippen molar-refractivity contribution in [2.24, 2.45) is 0 Å². The normalized spacial score (nSPS) is 12.8. The topological polar surface area (TPSA) is 0 Å². The second kappa shape index (κ2) is 15.9. The maximum Gasteiger partial charge on any atom is 0.0159 e. The summed E-state index contributed by atoms with van der Waals surface area (Å²) < 4.78 is 0. The van der Waals surface area contributed by atoms with Crippen LogP contribution in [0.5, 0.6) is 0 Å². The average Bonchev–Trinajstić information content (AvgIpc) is 3.62. The molecule has 0 nitrogen and oxygen atoms in total. The quantitative estimate of drug-likeness (QED) is 0.146. The van der Waals surface area contributed by atoms with Gasteiger partial charge in [0.2, 0.25) is 0 Å². The lowest BCUT2D eigenvalue weighted by molar-refractivity contribution is 0.661. The van der Waals surface area contributed by atoms with E-state index in [9.17, 15) is 0 Å². The van der Waals surface area contributed by atoms with Gasteiger partial charge in [0.05, 0.1) is 0 Å². The Morgan fingerprint density at radius 2 is 0.493 bits per heavy atom. The zero-order chi connectivity index (χ0) is 46.4. The van der Waals surface area contributed by atoms with Crippen LogP contribution in [-0.4, -0.2) is 0 Å². The van der Waals surface area contributed by atoms with Crippen molar-refractivity contribution in [3.05, 3.63) is 253 Å². The molecule has 0 saturated heterocycles. The third-order valence-corrected chi connectivity index (χ3v) is 15.4. The lowest BCUT2D eigenvalue weighted by Gasteiger charge is -2.23. The zero-order valence-electron chi connectivity index (χ0n) is 39.4. The third kappa shape index (κ3) is 6.43. The summed E-state index contributed by atoms with van der Waals surface area (Å²) in [6.07, 6.45) is 0. The highest BCUT2D eigenvalue weighted by molar-refractivity contribution is 6.23. The third-order valence-electron chi connectivity index (χ3n) is 15.4. The molecule has 0 amide bonds.